The van der Waals surface area contributed by atoms with Crippen molar-refractivity contribution < 1.29 is 17.9 Å². The minimum atomic E-state index is -3.59. The number of methoxy groups -OCH3 is 1. The second-order valence-electron chi connectivity index (χ2n) is 5.92. The maximum Gasteiger partial charge on any atom is 0.243 e. The minimum absolute atomic E-state index is 0.0993. The quantitative estimate of drug-likeness (QED) is 0.753. The Labute approximate surface area is 149 Å². The van der Waals surface area contributed by atoms with E-state index in [1.807, 2.05) is 6.08 Å². The van der Waals surface area contributed by atoms with Gasteiger partial charge >= 0.3 is 0 Å². The van der Waals surface area contributed by atoms with Crippen molar-refractivity contribution in [2.45, 2.75) is 38.0 Å². The third-order valence-corrected chi connectivity index (χ3v) is 6.46. The Morgan fingerprint density at radius 2 is 2.00 bits per heavy atom. The van der Waals surface area contributed by atoms with Gasteiger partial charge in [-0.1, -0.05) is 26.0 Å². The molecule has 0 fully saturated rings. The molecule has 0 bridgehead atoms. The van der Waals surface area contributed by atoms with E-state index in [-0.39, 0.29) is 16.7 Å². The third kappa shape index (κ3) is 4.41. The van der Waals surface area contributed by atoms with Crippen LogP contribution in [0.3, 0.4) is 0 Å². The second kappa shape index (κ2) is 8.49. The lowest BCUT2D eigenvalue weighted by atomic mass is 9.93. The molecule has 1 amide bonds. The lowest BCUT2D eigenvalue weighted by molar-refractivity contribution is -0.120. The molecule has 6 nitrogen and oxygen atoms in total. The Bertz CT molecular complexity index is 739. The zero-order chi connectivity index (χ0) is 18.4. The summed E-state index contributed by atoms with van der Waals surface area (Å²) in [5, 5.41) is 2.84. The summed E-state index contributed by atoms with van der Waals surface area (Å²) in [6.07, 6.45) is 6.45. The Balaban J connectivity index is 2.31. The predicted molar refractivity (Wildman–Crippen MR) is 98.2 cm³/mol. The average Bonchev–Trinajstić information content (AvgIpc) is 2.63. The van der Waals surface area contributed by atoms with Crippen LogP contribution in [-0.2, 0) is 14.8 Å². The number of carbonyl (C=O) groups excluding carboxylic acids is 1. The molecule has 0 heterocycles. The topological polar surface area (TPSA) is 75.7 Å². The van der Waals surface area contributed by atoms with Gasteiger partial charge in [0.05, 0.1) is 17.7 Å². The van der Waals surface area contributed by atoms with Gasteiger partial charge in [0.2, 0.25) is 15.9 Å². The van der Waals surface area contributed by atoms with Crippen LogP contribution < -0.4 is 10.1 Å². The molecular weight excluding hydrogens is 340 g/mol. The highest BCUT2D eigenvalue weighted by Gasteiger charge is 2.24. The van der Waals surface area contributed by atoms with Crippen LogP contribution in [-0.4, -0.2) is 38.8 Å². The van der Waals surface area contributed by atoms with E-state index < -0.39 is 10.0 Å². The molecule has 0 saturated carbocycles. The molecular formula is C18H26N2O4S. The molecule has 7 heteroatoms. The summed E-state index contributed by atoms with van der Waals surface area (Å²) in [6.45, 7) is 4.37. The highest BCUT2D eigenvalue weighted by atomic mass is 32.2. The number of ether oxygens (including phenoxy) is 1. The molecule has 1 aromatic rings. The average molecular weight is 366 g/mol. The molecule has 1 aromatic carbocycles. The third-order valence-electron chi connectivity index (χ3n) is 4.41. The van der Waals surface area contributed by atoms with Crippen molar-refractivity contribution in [2.75, 3.05) is 25.5 Å². The Morgan fingerprint density at radius 1 is 1.28 bits per heavy atom. The van der Waals surface area contributed by atoms with Gasteiger partial charge in [-0.2, -0.15) is 4.31 Å². The van der Waals surface area contributed by atoms with Crippen LogP contribution in [0, 0.1) is 5.92 Å². The summed E-state index contributed by atoms with van der Waals surface area (Å²) < 4.78 is 32.1. The molecule has 0 aliphatic heterocycles. The predicted octanol–water partition coefficient (Wildman–Crippen LogP) is 3.02. The Morgan fingerprint density at radius 3 is 2.56 bits per heavy atom. The van der Waals surface area contributed by atoms with Gasteiger partial charge in [-0.3, -0.25) is 4.79 Å². The number of allylic oxidation sites excluding steroid dienone is 2. The highest BCUT2D eigenvalue weighted by Crippen LogP contribution is 2.30. The van der Waals surface area contributed by atoms with Crippen LogP contribution in [0.2, 0.25) is 0 Å². The van der Waals surface area contributed by atoms with E-state index in [1.54, 1.807) is 19.9 Å². The monoisotopic (exact) mass is 366 g/mol. The summed E-state index contributed by atoms with van der Waals surface area (Å²) in [7, 11) is -2.10. The van der Waals surface area contributed by atoms with Crippen LogP contribution in [0.5, 0.6) is 5.75 Å². The molecule has 1 aliphatic rings. The maximum atomic E-state index is 12.7. The number of anilines is 1. The summed E-state index contributed by atoms with van der Waals surface area (Å²) >= 11 is 0. The summed E-state index contributed by atoms with van der Waals surface area (Å²) in [5.41, 5.74) is 0.385. The molecule has 0 radical (unpaired) electrons. The van der Waals surface area contributed by atoms with Crippen LogP contribution >= 0.6 is 0 Å². The fourth-order valence-electron chi connectivity index (χ4n) is 2.92. The van der Waals surface area contributed by atoms with E-state index in [0.29, 0.717) is 30.9 Å². The second-order valence-corrected chi connectivity index (χ2v) is 7.86. The number of hydrogen-bond acceptors (Lipinski definition) is 4. The van der Waals surface area contributed by atoms with Gasteiger partial charge in [0.15, 0.2) is 0 Å². The molecule has 0 spiro atoms. The standard InChI is InChI=1S/C18H26N2O4S/c1-4-20(5-2)25(22,23)15-11-12-17(24-3)16(13-15)19-18(21)14-9-7-6-8-10-14/h6-7,11-14H,4-5,8-10H2,1-3H3,(H,19,21). The van der Waals surface area contributed by atoms with Gasteiger partial charge in [-0.05, 0) is 37.5 Å². The number of rotatable bonds is 7. The van der Waals surface area contributed by atoms with Gasteiger partial charge in [0, 0.05) is 19.0 Å². The van der Waals surface area contributed by atoms with Crippen molar-refractivity contribution >= 4 is 21.6 Å². The molecule has 138 valence electrons. The lowest BCUT2D eigenvalue weighted by Gasteiger charge is -2.21. The van der Waals surface area contributed by atoms with Gasteiger partial charge < -0.3 is 10.1 Å². The van der Waals surface area contributed by atoms with Crippen molar-refractivity contribution in [3.05, 3.63) is 30.4 Å². The molecule has 1 unspecified atom stereocenters. The van der Waals surface area contributed by atoms with Crippen LogP contribution in [0.25, 0.3) is 0 Å². The van der Waals surface area contributed by atoms with Crippen molar-refractivity contribution in [1.29, 1.82) is 0 Å². The highest BCUT2D eigenvalue weighted by molar-refractivity contribution is 7.89. The van der Waals surface area contributed by atoms with Gasteiger partial charge in [-0.15, -0.1) is 0 Å². The summed E-state index contributed by atoms with van der Waals surface area (Å²) in [4.78, 5) is 12.6. The summed E-state index contributed by atoms with van der Waals surface area (Å²) in [6, 6.07) is 4.56. The van der Waals surface area contributed by atoms with E-state index in [2.05, 4.69) is 11.4 Å². The number of benzene rings is 1. The molecule has 25 heavy (non-hydrogen) atoms. The fraction of sp³-hybridized carbons (Fsp3) is 0.500. The van der Waals surface area contributed by atoms with Gasteiger partial charge in [0.25, 0.3) is 0 Å². The van der Waals surface area contributed by atoms with E-state index in [9.17, 15) is 13.2 Å². The molecule has 1 N–H and O–H groups in total. The van der Waals surface area contributed by atoms with Gasteiger partial charge in [0.1, 0.15) is 5.75 Å². The van der Waals surface area contributed by atoms with E-state index >= 15 is 0 Å². The zero-order valence-electron chi connectivity index (χ0n) is 15.0. The van der Waals surface area contributed by atoms with E-state index in [1.165, 1.54) is 23.5 Å². The first-order chi connectivity index (χ1) is 11.9. The number of hydrogen-bond donors (Lipinski definition) is 1. The fourth-order valence-corrected chi connectivity index (χ4v) is 4.41. The largest absolute Gasteiger partial charge is 0.495 e. The summed E-state index contributed by atoms with van der Waals surface area (Å²) in [5.74, 6) is 0.232. The lowest BCUT2D eigenvalue weighted by Crippen LogP contribution is -2.30. The van der Waals surface area contributed by atoms with Crippen LogP contribution in [0.4, 0.5) is 5.69 Å². The number of amides is 1. The molecule has 0 saturated heterocycles. The number of carbonyl (C=O) groups is 1. The molecule has 0 aromatic heterocycles. The number of nitrogens with one attached hydrogen (secondary N) is 1. The molecule has 1 aliphatic carbocycles. The van der Waals surface area contributed by atoms with Crippen LogP contribution in [0.15, 0.2) is 35.2 Å². The van der Waals surface area contributed by atoms with E-state index in [0.717, 1.165) is 12.8 Å². The first kappa shape index (κ1) is 19.5. The minimum Gasteiger partial charge on any atom is -0.495 e. The maximum absolute atomic E-state index is 12.7. The smallest absolute Gasteiger partial charge is 0.243 e. The Hall–Kier alpha value is -1.86. The SMILES string of the molecule is CCN(CC)S(=O)(=O)c1ccc(OC)c(NC(=O)C2CC=CCC2)c1. The van der Waals surface area contributed by atoms with Crippen molar-refractivity contribution in [1.82, 2.24) is 4.31 Å². The van der Waals surface area contributed by atoms with Gasteiger partial charge in [-0.25, -0.2) is 8.42 Å². The van der Waals surface area contributed by atoms with Crippen molar-refractivity contribution in [3.63, 3.8) is 0 Å². The van der Waals surface area contributed by atoms with Crippen molar-refractivity contribution in [3.8, 4) is 5.75 Å². The normalized spacial score (nSPS) is 17.5. The first-order valence-electron chi connectivity index (χ1n) is 8.58. The molecule has 1 atom stereocenters. The first-order valence-corrected chi connectivity index (χ1v) is 10.0. The van der Waals surface area contributed by atoms with Crippen molar-refractivity contribution in [2.24, 2.45) is 5.92 Å². The molecule has 2 rings (SSSR count). The Kier molecular flexibility index (Phi) is 6.61. The number of sulfonamides is 1. The van der Waals surface area contributed by atoms with E-state index in [4.69, 9.17) is 4.74 Å². The van der Waals surface area contributed by atoms with Crippen LogP contribution in [0.1, 0.15) is 33.1 Å². The number of nitrogens with zero attached hydrogens (tertiary/aromatic N) is 1. The zero-order valence-corrected chi connectivity index (χ0v) is 15.8.